The molecule has 0 radical (unpaired) electrons. The van der Waals surface area contributed by atoms with Gasteiger partial charge in [-0.05, 0) is 63.1 Å². The molecule has 2 aromatic rings. The van der Waals surface area contributed by atoms with E-state index in [0.29, 0.717) is 11.4 Å². The molecule has 5 heteroatoms. The second kappa shape index (κ2) is 9.80. The smallest absolute Gasteiger partial charge is 0.255 e. The number of benzene rings is 1. The molecule has 1 N–H and O–H groups in total. The van der Waals surface area contributed by atoms with Gasteiger partial charge in [0.15, 0.2) is 0 Å². The molecule has 140 valence electrons. The van der Waals surface area contributed by atoms with Crippen LogP contribution in [0.5, 0.6) is 5.75 Å². The van der Waals surface area contributed by atoms with Crippen LogP contribution in [0.4, 0.5) is 11.5 Å². The van der Waals surface area contributed by atoms with E-state index in [1.807, 2.05) is 55.1 Å². The molecule has 0 saturated heterocycles. The van der Waals surface area contributed by atoms with E-state index in [4.69, 9.17) is 4.74 Å². The summed E-state index contributed by atoms with van der Waals surface area (Å²) in [6.45, 7) is 9.72. The molecule has 0 bridgehead atoms. The van der Waals surface area contributed by atoms with Gasteiger partial charge in [-0.1, -0.05) is 13.8 Å². The van der Waals surface area contributed by atoms with E-state index in [2.05, 4.69) is 24.1 Å². The van der Waals surface area contributed by atoms with Gasteiger partial charge in [0.05, 0.1) is 11.7 Å². The van der Waals surface area contributed by atoms with Gasteiger partial charge in [0.1, 0.15) is 11.6 Å². The Balaban J connectivity index is 2.01. The molecule has 0 unspecified atom stereocenters. The van der Waals surface area contributed by atoms with Gasteiger partial charge in [0.2, 0.25) is 0 Å². The van der Waals surface area contributed by atoms with Gasteiger partial charge in [0, 0.05) is 25.0 Å². The van der Waals surface area contributed by atoms with E-state index < -0.39 is 0 Å². The number of nitrogens with zero attached hydrogens (tertiary/aromatic N) is 2. The highest BCUT2D eigenvalue weighted by Crippen LogP contribution is 2.20. The molecule has 1 amide bonds. The van der Waals surface area contributed by atoms with Crippen molar-refractivity contribution in [1.82, 2.24) is 9.88 Å². The first-order valence-corrected chi connectivity index (χ1v) is 9.32. The van der Waals surface area contributed by atoms with E-state index in [9.17, 15) is 4.79 Å². The summed E-state index contributed by atoms with van der Waals surface area (Å²) in [6, 6.07) is 11.4. The van der Waals surface area contributed by atoms with Crippen molar-refractivity contribution in [2.24, 2.45) is 0 Å². The molecule has 2 rings (SSSR count). The van der Waals surface area contributed by atoms with Gasteiger partial charge in [-0.15, -0.1) is 0 Å². The Bertz CT molecular complexity index is 675. The summed E-state index contributed by atoms with van der Waals surface area (Å²) in [7, 11) is 0. The van der Waals surface area contributed by atoms with Crippen LogP contribution in [0, 0.1) is 0 Å². The monoisotopic (exact) mass is 355 g/mol. The van der Waals surface area contributed by atoms with Gasteiger partial charge in [0.25, 0.3) is 5.91 Å². The van der Waals surface area contributed by atoms with Crippen LogP contribution in [0.2, 0.25) is 0 Å². The number of hydrogen-bond acceptors (Lipinski definition) is 4. The van der Waals surface area contributed by atoms with Crippen molar-refractivity contribution >= 4 is 17.4 Å². The molecule has 0 aliphatic rings. The minimum absolute atomic E-state index is 0.0444. The summed E-state index contributed by atoms with van der Waals surface area (Å²) < 4.78 is 5.64. The third-order valence-corrected chi connectivity index (χ3v) is 3.78. The third kappa shape index (κ3) is 5.76. The number of hydrogen-bond donors (Lipinski definition) is 1. The highest BCUT2D eigenvalue weighted by atomic mass is 16.5. The first-order chi connectivity index (χ1) is 12.5. The Morgan fingerprint density at radius 3 is 2.23 bits per heavy atom. The number of nitrogens with one attached hydrogen (secondary N) is 1. The molecule has 0 saturated carbocycles. The van der Waals surface area contributed by atoms with Gasteiger partial charge in [-0.25, -0.2) is 4.98 Å². The SMILES string of the molecule is CCCN(CCC)C(=O)c1ccc(Nc2ccc(OC(C)C)cc2)nc1. The van der Waals surface area contributed by atoms with Crippen molar-refractivity contribution in [3.8, 4) is 5.75 Å². The first kappa shape index (κ1) is 19.8. The summed E-state index contributed by atoms with van der Waals surface area (Å²) in [4.78, 5) is 18.8. The number of carbonyl (C=O) groups is 1. The maximum atomic E-state index is 12.6. The first-order valence-electron chi connectivity index (χ1n) is 9.32. The Kier molecular flexibility index (Phi) is 7.45. The molecule has 0 atom stereocenters. The van der Waals surface area contributed by atoms with Gasteiger partial charge < -0.3 is 15.0 Å². The number of aromatic nitrogens is 1. The third-order valence-electron chi connectivity index (χ3n) is 3.78. The fourth-order valence-corrected chi connectivity index (χ4v) is 2.67. The number of rotatable bonds is 9. The zero-order valence-corrected chi connectivity index (χ0v) is 16.2. The van der Waals surface area contributed by atoms with Gasteiger partial charge >= 0.3 is 0 Å². The summed E-state index contributed by atoms with van der Waals surface area (Å²) in [5.74, 6) is 1.59. The number of amides is 1. The standard InChI is InChI=1S/C21H29N3O2/c1-5-13-24(14-6-2)21(25)17-7-12-20(22-15-17)23-18-8-10-19(11-9-18)26-16(3)4/h7-12,15-16H,5-6,13-14H2,1-4H3,(H,22,23). The lowest BCUT2D eigenvalue weighted by Crippen LogP contribution is -2.32. The highest BCUT2D eigenvalue weighted by molar-refractivity contribution is 5.94. The van der Waals surface area contributed by atoms with Crippen LogP contribution in [0.25, 0.3) is 0 Å². The van der Waals surface area contributed by atoms with Crippen LogP contribution >= 0.6 is 0 Å². The Morgan fingerprint density at radius 2 is 1.73 bits per heavy atom. The largest absolute Gasteiger partial charge is 0.491 e. The maximum Gasteiger partial charge on any atom is 0.255 e. The van der Waals surface area contributed by atoms with Crippen LogP contribution in [0.3, 0.4) is 0 Å². The minimum Gasteiger partial charge on any atom is -0.491 e. The lowest BCUT2D eigenvalue weighted by atomic mass is 10.2. The summed E-state index contributed by atoms with van der Waals surface area (Å²) >= 11 is 0. The van der Waals surface area contributed by atoms with E-state index in [0.717, 1.165) is 37.4 Å². The predicted octanol–water partition coefficient (Wildman–Crippen LogP) is 4.87. The van der Waals surface area contributed by atoms with Crippen molar-refractivity contribution in [1.29, 1.82) is 0 Å². The lowest BCUT2D eigenvalue weighted by Gasteiger charge is -2.21. The Morgan fingerprint density at radius 1 is 1.08 bits per heavy atom. The molecule has 1 heterocycles. The van der Waals surface area contributed by atoms with Crippen molar-refractivity contribution in [2.45, 2.75) is 46.6 Å². The van der Waals surface area contributed by atoms with Crippen molar-refractivity contribution < 1.29 is 9.53 Å². The summed E-state index contributed by atoms with van der Waals surface area (Å²) in [5.41, 5.74) is 1.55. The van der Waals surface area contributed by atoms with Gasteiger partial charge in [-0.2, -0.15) is 0 Å². The van der Waals surface area contributed by atoms with Crippen molar-refractivity contribution in [3.63, 3.8) is 0 Å². The number of pyridine rings is 1. The predicted molar refractivity (Wildman–Crippen MR) is 106 cm³/mol. The summed E-state index contributed by atoms with van der Waals surface area (Å²) in [5, 5.41) is 3.24. The molecular weight excluding hydrogens is 326 g/mol. The topological polar surface area (TPSA) is 54.5 Å². The van der Waals surface area contributed by atoms with E-state index in [1.54, 1.807) is 6.20 Å². The van der Waals surface area contributed by atoms with Crippen LogP contribution in [0.15, 0.2) is 42.6 Å². The molecule has 0 spiro atoms. The maximum absolute atomic E-state index is 12.6. The molecule has 0 aliphatic heterocycles. The quantitative estimate of drug-likeness (QED) is 0.697. The second-order valence-corrected chi connectivity index (χ2v) is 6.54. The zero-order chi connectivity index (χ0) is 18.9. The van der Waals surface area contributed by atoms with E-state index in [-0.39, 0.29) is 12.0 Å². The molecule has 26 heavy (non-hydrogen) atoms. The van der Waals surface area contributed by atoms with Crippen molar-refractivity contribution in [3.05, 3.63) is 48.2 Å². The Labute approximate surface area is 156 Å². The Hall–Kier alpha value is -2.56. The second-order valence-electron chi connectivity index (χ2n) is 6.54. The molecule has 1 aromatic carbocycles. The molecular formula is C21H29N3O2. The summed E-state index contributed by atoms with van der Waals surface area (Å²) in [6.07, 6.45) is 3.70. The molecule has 1 aromatic heterocycles. The van der Waals surface area contributed by atoms with Crippen LogP contribution in [-0.2, 0) is 0 Å². The minimum atomic E-state index is 0.0444. The fourth-order valence-electron chi connectivity index (χ4n) is 2.67. The average Bonchev–Trinajstić information content (AvgIpc) is 2.63. The van der Waals surface area contributed by atoms with Crippen molar-refractivity contribution in [2.75, 3.05) is 18.4 Å². The van der Waals surface area contributed by atoms with E-state index in [1.165, 1.54) is 0 Å². The molecule has 0 fully saturated rings. The fraction of sp³-hybridized carbons (Fsp3) is 0.429. The number of anilines is 2. The molecule has 0 aliphatic carbocycles. The highest BCUT2D eigenvalue weighted by Gasteiger charge is 2.14. The number of ether oxygens (including phenoxy) is 1. The number of carbonyl (C=O) groups excluding carboxylic acids is 1. The lowest BCUT2D eigenvalue weighted by molar-refractivity contribution is 0.0755. The van der Waals surface area contributed by atoms with E-state index >= 15 is 0 Å². The zero-order valence-electron chi connectivity index (χ0n) is 16.2. The van der Waals surface area contributed by atoms with Crippen LogP contribution < -0.4 is 10.1 Å². The van der Waals surface area contributed by atoms with Gasteiger partial charge in [-0.3, -0.25) is 4.79 Å². The van der Waals surface area contributed by atoms with Crippen LogP contribution in [0.1, 0.15) is 50.9 Å². The van der Waals surface area contributed by atoms with Crippen LogP contribution in [-0.4, -0.2) is 35.0 Å². The normalized spacial score (nSPS) is 10.7. The average molecular weight is 355 g/mol. The molecule has 5 nitrogen and oxygen atoms in total.